The Balaban J connectivity index is 1.83. The van der Waals surface area contributed by atoms with E-state index < -0.39 is 5.54 Å². The van der Waals surface area contributed by atoms with Crippen molar-refractivity contribution in [2.45, 2.75) is 25.8 Å². The van der Waals surface area contributed by atoms with Crippen molar-refractivity contribution in [2.75, 3.05) is 0 Å². The van der Waals surface area contributed by atoms with Crippen LogP contribution in [0.4, 0.5) is 0 Å². The normalized spacial score (nSPS) is 11.5. The molecule has 4 nitrogen and oxygen atoms in total. The van der Waals surface area contributed by atoms with Crippen LogP contribution in [0.3, 0.4) is 0 Å². The molecule has 5 heteroatoms. The van der Waals surface area contributed by atoms with Gasteiger partial charge in [0.2, 0.25) is 5.91 Å². The quantitative estimate of drug-likeness (QED) is 0.784. The molecule has 0 aliphatic carbocycles. The number of carbonyl (C=O) groups is 1. The van der Waals surface area contributed by atoms with Crippen molar-refractivity contribution in [2.24, 2.45) is 0 Å². The molecule has 0 aliphatic heterocycles. The van der Waals surface area contributed by atoms with E-state index in [4.69, 9.17) is 11.6 Å². The molecule has 1 heterocycles. The fourth-order valence-electron chi connectivity index (χ4n) is 2.74. The van der Waals surface area contributed by atoms with Crippen LogP contribution in [-0.2, 0) is 16.8 Å². The van der Waals surface area contributed by atoms with Gasteiger partial charge in [0.15, 0.2) is 5.82 Å². The van der Waals surface area contributed by atoms with Crippen molar-refractivity contribution in [3.63, 3.8) is 0 Å². The minimum Gasteiger partial charge on any atom is -0.344 e. The maximum absolute atomic E-state index is 12.5. The van der Waals surface area contributed by atoms with E-state index in [1.54, 1.807) is 18.5 Å². The Bertz CT molecular complexity index is 878. The number of hydrogen-bond acceptors (Lipinski definition) is 3. The first-order chi connectivity index (χ1) is 11.5. The van der Waals surface area contributed by atoms with Crippen molar-refractivity contribution in [1.82, 2.24) is 15.3 Å². The van der Waals surface area contributed by atoms with Gasteiger partial charge in [-0.15, -0.1) is 0 Å². The van der Waals surface area contributed by atoms with Gasteiger partial charge in [-0.05, 0) is 48.4 Å². The van der Waals surface area contributed by atoms with Crippen LogP contribution < -0.4 is 5.32 Å². The highest BCUT2D eigenvalue weighted by Gasteiger charge is 2.25. The van der Waals surface area contributed by atoms with Crippen LogP contribution in [0, 0.1) is 0 Å². The summed E-state index contributed by atoms with van der Waals surface area (Å²) in [5, 5.41) is 5.68. The Morgan fingerprint density at radius 2 is 1.83 bits per heavy atom. The summed E-state index contributed by atoms with van der Waals surface area (Å²) in [6.07, 6.45) is 3.58. The molecule has 0 unspecified atom stereocenters. The highest BCUT2D eigenvalue weighted by atomic mass is 35.5. The Kier molecular flexibility index (Phi) is 4.49. The van der Waals surface area contributed by atoms with Gasteiger partial charge >= 0.3 is 0 Å². The van der Waals surface area contributed by atoms with Gasteiger partial charge in [0.25, 0.3) is 0 Å². The molecule has 3 rings (SSSR count). The van der Waals surface area contributed by atoms with E-state index >= 15 is 0 Å². The second-order valence-corrected chi connectivity index (χ2v) is 6.64. The van der Waals surface area contributed by atoms with Crippen LogP contribution in [0.15, 0.2) is 54.9 Å². The number of hydrogen-bond donors (Lipinski definition) is 1. The third-order valence-corrected chi connectivity index (χ3v) is 4.06. The Labute approximate surface area is 145 Å². The lowest BCUT2D eigenvalue weighted by atomic mass is 10.00. The Morgan fingerprint density at radius 3 is 2.58 bits per heavy atom. The Hall–Kier alpha value is -2.46. The van der Waals surface area contributed by atoms with Crippen LogP contribution in [0.1, 0.15) is 25.2 Å². The van der Waals surface area contributed by atoms with E-state index in [-0.39, 0.29) is 12.3 Å². The van der Waals surface area contributed by atoms with Gasteiger partial charge in [-0.1, -0.05) is 35.9 Å². The molecular weight excluding hydrogens is 322 g/mol. The summed E-state index contributed by atoms with van der Waals surface area (Å²) < 4.78 is 0. The first-order valence-corrected chi connectivity index (χ1v) is 8.09. The maximum Gasteiger partial charge on any atom is 0.225 e. The number of carbonyl (C=O) groups excluding carboxylic acids is 1. The molecule has 0 bridgehead atoms. The number of aromatic nitrogens is 2. The van der Waals surface area contributed by atoms with Crippen LogP contribution in [0.25, 0.3) is 10.8 Å². The zero-order valence-electron chi connectivity index (χ0n) is 13.6. The molecule has 0 radical (unpaired) electrons. The van der Waals surface area contributed by atoms with Crippen molar-refractivity contribution in [1.29, 1.82) is 0 Å². The first-order valence-electron chi connectivity index (χ1n) is 7.71. The molecule has 0 atom stereocenters. The molecule has 0 saturated heterocycles. The largest absolute Gasteiger partial charge is 0.344 e. The van der Waals surface area contributed by atoms with Crippen LogP contribution in [0.5, 0.6) is 0 Å². The highest BCUT2D eigenvalue weighted by molar-refractivity contribution is 6.31. The summed E-state index contributed by atoms with van der Waals surface area (Å²) in [7, 11) is 0. The molecule has 0 fully saturated rings. The minimum absolute atomic E-state index is 0.0973. The van der Waals surface area contributed by atoms with Crippen molar-refractivity contribution >= 4 is 28.3 Å². The molecule has 1 amide bonds. The van der Waals surface area contributed by atoms with Crippen LogP contribution >= 0.6 is 11.6 Å². The molecule has 3 aromatic rings. The molecule has 122 valence electrons. The Morgan fingerprint density at radius 1 is 1.12 bits per heavy atom. The predicted molar refractivity (Wildman–Crippen MR) is 95.9 cm³/mol. The van der Waals surface area contributed by atoms with Crippen LogP contribution in [0.2, 0.25) is 5.02 Å². The van der Waals surface area contributed by atoms with E-state index in [0.717, 1.165) is 16.3 Å². The minimum atomic E-state index is -0.646. The lowest BCUT2D eigenvalue weighted by molar-refractivity contribution is -0.122. The third kappa shape index (κ3) is 3.54. The molecule has 24 heavy (non-hydrogen) atoms. The zero-order chi connectivity index (χ0) is 17.2. The topological polar surface area (TPSA) is 54.9 Å². The van der Waals surface area contributed by atoms with E-state index in [1.807, 2.05) is 50.2 Å². The average molecular weight is 340 g/mol. The maximum atomic E-state index is 12.5. The summed E-state index contributed by atoms with van der Waals surface area (Å²) in [5.74, 6) is 0.481. The number of halogens is 1. The third-order valence-electron chi connectivity index (χ3n) is 3.84. The van der Waals surface area contributed by atoms with Gasteiger partial charge in [-0.25, -0.2) is 9.97 Å². The van der Waals surface area contributed by atoms with Gasteiger partial charge in [0.1, 0.15) is 0 Å². The van der Waals surface area contributed by atoms with E-state index in [9.17, 15) is 4.79 Å². The van der Waals surface area contributed by atoms with Gasteiger partial charge in [0.05, 0.1) is 12.0 Å². The monoisotopic (exact) mass is 339 g/mol. The zero-order valence-corrected chi connectivity index (χ0v) is 14.3. The second-order valence-electron chi connectivity index (χ2n) is 6.21. The number of rotatable bonds is 4. The molecule has 1 aromatic heterocycles. The average Bonchev–Trinajstić information content (AvgIpc) is 2.55. The second kappa shape index (κ2) is 6.57. The van der Waals surface area contributed by atoms with E-state index in [0.29, 0.717) is 10.8 Å². The SMILES string of the molecule is CC(C)(NC(=O)Cc1cc(Cl)cc2ccccc12)c1ncccn1. The van der Waals surface area contributed by atoms with Gasteiger partial charge in [0, 0.05) is 17.4 Å². The number of nitrogens with zero attached hydrogens (tertiary/aromatic N) is 2. The lowest BCUT2D eigenvalue weighted by Gasteiger charge is -2.24. The molecule has 2 aromatic carbocycles. The molecule has 0 saturated carbocycles. The highest BCUT2D eigenvalue weighted by Crippen LogP contribution is 2.25. The number of nitrogens with one attached hydrogen (secondary N) is 1. The summed E-state index contributed by atoms with van der Waals surface area (Å²) in [5.41, 5.74) is 0.257. The predicted octanol–water partition coefficient (Wildman–Crippen LogP) is 3.88. The summed E-state index contributed by atoms with van der Waals surface area (Å²) in [6, 6.07) is 13.4. The fraction of sp³-hybridized carbons (Fsp3) is 0.211. The lowest BCUT2D eigenvalue weighted by Crippen LogP contribution is -2.43. The summed E-state index contributed by atoms with van der Waals surface area (Å²) in [4.78, 5) is 21.0. The standard InChI is InChI=1S/C19H18ClN3O/c1-19(2,18-21-8-5-9-22-18)23-17(24)12-14-11-15(20)10-13-6-3-4-7-16(13)14/h3-11H,12H2,1-2H3,(H,23,24). The molecule has 1 N–H and O–H groups in total. The van der Waals surface area contributed by atoms with E-state index in [1.165, 1.54) is 0 Å². The van der Waals surface area contributed by atoms with Gasteiger partial charge in [-0.2, -0.15) is 0 Å². The number of fused-ring (bicyclic) bond motifs is 1. The number of amides is 1. The van der Waals surface area contributed by atoms with Gasteiger partial charge in [-0.3, -0.25) is 4.79 Å². The van der Waals surface area contributed by atoms with Crippen LogP contribution in [-0.4, -0.2) is 15.9 Å². The smallest absolute Gasteiger partial charge is 0.225 e. The number of benzene rings is 2. The summed E-state index contributed by atoms with van der Waals surface area (Å²) >= 11 is 6.18. The summed E-state index contributed by atoms with van der Waals surface area (Å²) in [6.45, 7) is 3.77. The van der Waals surface area contributed by atoms with E-state index in [2.05, 4.69) is 15.3 Å². The fourth-order valence-corrected chi connectivity index (χ4v) is 2.99. The van der Waals surface area contributed by atoms with Crippen molar-refractivity contribution in [3.8, 4) is 0 Å². The van der Waals surface area contributed by atoms with Crippen molar-refractivity contribution < 1.29 is 4.79 Å². The molecule has 0 spiro atoms. The molecular formula is C19H18ClN3O. The van der Waals surface area contributed by atoms with Crippen molar-refractivity contribution in [3.05, 3.63) is 71.3 Å². The van der Waals surface area contributed by atoms with Gasteiger partial charge < -0.3 is 5.32 Å². The first kappa shape index (κ1) is 16.4. The molecule has 0 aliphatic rings.